The Morgan fingerprint density at radius 1 is 1.22 bits per heavy atom. The summed E-state index contributed by atoms with van der Waals surface area (Å²) in [7, 11) is 0. The van der Waals surface area contributed by atoms with Gasteiger partial charge in [0.25, 0.3) is 0 Å². The quantitative estimate of drug-likeness (QED) is 0.663. The average Bonchev–Trinajstić information content (AvgIpc) is 2.56. The molecule has 0 heterocycles. The third-order valence-electron chi connectivity index (χ3n) is 3.94. The van der Waals surface area contributed by atoms with E-state index in [9.17, 15) is 9.59 Å². The Hall–Kier alpha value is -2.12. The second kappa shape index (κ2) is 8.50. The van der Waals surface area contributed by atoms with E-state index in [1.807, 2.05) is 0 Å². The van der Waals surface area contributed by atoms with Crippen LogP contribution in [0.2, 0.25) is 5.02 Å². The van der Waals surface area contributed by atoms with Crippen molar-refractivity contribution in [1.82, 2.24) is 5.32 Å². The van der Waals surface area contributed by atoms with Crippen LogP contribution in [0.15, 0.2) is 30.3 Å². The summed E-state index contributed by atoms with van der Waals surface area (Å²) in [6.07, 6.45) is 8.02. The number of ketones is 1. The lowest BCUT2D eigenvalue weighted by molar-refractivity contribution is -0.130. The zero-order chi connectivity index (χ0) is 16.7. The molecular weight excluding hydrogens is 312 g/mol. The van der Waals surface area contributed by atoms with Gasteiger partial charge in [-0.15, -0.1) is 0 Å². The molecule has 120 valence electrons. The first-order valence-electron chi connectivity index (χ1n) is 7.77. The number of nitrogens with one attached hydrogen (secondary N) is 1. The number of allylic oxidation sites excluding steroid dienone is 1. The van der Waals surface area contributed by atoms with Gasteiger partial charge in [0, 0.05) is 11.1 Å². The predicted molar refractivity (Wildman–Crippen MR) is 89.6 cm³/mol. The van der Waals surface area contributed by atoms with Crippen LogP contribution in [-0.4, -0.2) is 17.7 Å². The van der Waals surface area contributed by atoms with Crippen LogP contribution < -0.4 is 5.32 Å². The van der Waals surface area contributed by atoms with Crippen LogP contribution in [0.25, 0.3) is 6.08 Å². The zero-order valence-corrected chi connectivity index (χ0v) is 13.6. The van der Waals surface area contributed by atoms with Crippen LogP contribution in [0, 0.1) is 17.2 Å². The molecule has 1 saturated carbocycles. The lowest BCUT2D eigenvalue weighted by Crippen LogP contribution is -2.41. The van der Waals surface area contributed by atoms with Gasteiger partial charge in [0.05, 0.1) is 6.07 Å². The van der Waals surface area contributed by atoms with Crippen LogP contribution in [-0.2, 0) is 9.59 Å². The Balaban J connectivity index is 1.95. The van der Waals surface area contributed by atoms with E-state index in [1.165, 1.54) is 12.5 Å². The normalized spacial score (nSPS) is 16.7. The van der Waals surface area contributed by atoms with E-state index < -0.39 is 17.6 Å². The summed E-state index contributed by atoms with van der Waals surface area (Å²) in [6.45, 7) is 0. The molecule has 0 aromatic heterocycles. The molecule has 1 atom stereocenters. The van der Waals surface area contributed by atoms with E-state index in [2.05, 4.69) is 5.32 Å². The summed E-state index contributed by atoms with van der Waals surface area (Å²) in [6, 6.07) is 8.83. The number of halogens is 1. The van der Waals surface area contributed by atoms with Gasteiger partial charge in [-0.25, -0.2) is 0 Å². The topological polar surface area (TPSA) is 70.0 Å². The molecule has 1 aromatic rings. The first-order chi connectivity index (χ1) is 11.1. The molecule has 0 spiro atoms. The van der Waals surface area contributed by atoms with Gasteiger partial charge in [-0.3, -0.25) is 9.59 Å². The number of nitriles is 1. The van der Waals surface area contributed by atoms with Gasteiger partial charge in [-0.05, 0) is 36.6 Å². The van der Waals surface area contributed by atoms with Crippen molar-refractivity contribution < 1.29 is 9.59 Å². The smallest absolute Gasteiger partial charge is 0.245 e. The lowest BCUT2D eigenvalue weighted by atomic mass is 9.94. The van der Waals surface area contributed by atoms with Gasteiger partial charge in [0.1, 0.15) is 0 Å². The van der Waals surface area contributed by atoms with E-state index in [-0.39, 0.29) is 6.04 Å². The number of rotatable bonds is 5. The number of nitrogens with zero attached hydrogens (tertiary/aromatic N) is 1. The van der Waals surface area contributed by atoms with Crippen molar-refractivity contribution in [2.24, 2.45) is 5.92 Å². The molecule has 1 unspecified atom stereocenters. The van der Waals surface area contributed by atoms with E-state index in [0.29, 0.717) is 5.02 Å². The van der Waals surface area contributed by atoms with Gasteiger partial charge in [-0.1, -0.05) is 49.1 Å². The van der Waals surface area contributed by atoms with Crippen molar-refractivity contribution in [3.8, 4) is 6.07 Å². The first-order valence-corrected chi connectivity index (χ1v) is 8.15. The number of amides is 1. The molecule has 0 radical (unpaired) electrons. The van der Waals surface area contributed by atoms with Gasteiger partial charge in [0.2, 0.25) is 5.91 Å². The molecule has 0 saturated heterocycles. The second-order valence-electron chi connectivity index (χ2n) is 5.69. The fourth-order valence-corrected chi connectivity index (χ4v) is 2.76. The molecule has 1 N–H and O–H groups in total. The molecule has 0 bridgehead atoms. The third-order valence-corrected chi connectivity index (χ3v) is 4.19. The number of carbonyl (C=O) groups excluding carboxylic acids is 2. The van der Waals surface area contributed by atoms with Crippen molar-refractivity contribution in [3.63, 3.8) is 0 Å². The fourth-order valence-electron chi connectivity index (χ4n) is 2.63. The maximum absolute atomic E-state index is 12.1. The zero-order valence-electron chi connectivity index (χ0n) is 12.8. The SMILES string of the molecule is N#CC(C(=O)/C=C/c1ccc(Cl)cc1)C(=O)NC1CCCCC1. The highest BCUT2D eigenvalue weighted by atomic mass is 35.5. The summed E-state index contributed by atoms with van der Waals surface area (Å²) < 4.78 is 0. The third kappa shape index (κ3) is 5.22. The molecule has 0 aliphatic heterocycles. The number of hydrogen-bond acceptors (Lipinski definition) is 3. The van der Waals surface area contributed by atoms with Gasteiger partial charge < -0.3 is 5.32 Å². The Morgan fingerprint density at radius 2 is 1.87 bits per heavy atom. The summed E-state index contributed by atoms with van der Waals surface area (Å²) in [4.78, 5) is 24.2. The first kappa shape index (κ1) is 17.2. The van der Waals surface area contributed by atoms with Crippen LogP contribution in [0.5, 0.6) is 0 Å². The lowest BCUT2D eigenvalue weighted by Gasteiger charge is -2.23. The number of carbonyl (C=O) groups is 2. The summed E-state index contributed by atoms with van der Waals surface area (Å²) in [5.74, 6) is -2.29. The standard InChI is InChI=1S/C18H19ClN2O2/c19-14-9-6-13(7-10-14)8-11-17(22)16(12-20)18(23)21-15-4-2-1-3-5-15/h6-11,15-16H,1-5H2,(H,21,23)/b11-8+. The molecule has 1 aliphatic rings. The molecule has 4 nitrogen and oxygen atoms in total. The molecule has 2 rings (SSSR count). The largest absolute Gasteiger partial charge is 0.352 e. The second-order valence-corrected chi connectivity index (χ2v) is 6.13. The van der Waals surface area contributed by atoms with Crippen molar-refractivity contribution >= 4 is 29.4 Å². The van der Waals surface area contributed by atoms with E-state index in [1.54, 1.807) is 36.4 Å². The summed E-state index contributed by atoms with van der Waals surface area (Å²) in [5.41, 5.74) is 0.784. The van der Waals surface area contributed by atoms with Crippen molar-refractivity contribution in [3.05, 3.63) is 40.9 Å². The molecule has 1 aromatic carbocycles. The highest BCUT2D eigenvalue weighted by molar-refractivity contribution is 6.30. The van der Waals surface area contributed by atoms with Crippen LogP contribution in [0.1, 0.15) is 37.7 Å². The van der Waals surface area contributed by atoms with Gasteiger partial charge in [-0.2, -0.15) is 5.26 Å². The van der Waals surface area contributed by atoms with E-state index in [4.69, 9.17) is 16.9 Å². The molecule has 1 aliphatic carbocycles. The number of hydrogen-bond donors (Lipinski definition) is 1. The Bertz CT molecular complexity index is 625. The highest BCUT2D eigenvalue weighted by Gasteiger charge is 2.27. The molecule has 1 fully saturated rings. The Morgan fingerprint density at radius 3 is 2.48 bits per heavy atom. The molecule has 1 amide bonds. The van der Waals surface area contributed by atoms with Crippen LogP contribution >= 0.6 is 11.6 Å². The minimum atomic E-state index is -1.29. The van der Waals surface area contributed by atoms with E-state index >= 15 is 0 Å². The molecular formula is C18H19ClN2O2. The van der Waals surface area contributed by atoms with Crippen molar-refractivity contribution in [2.45, 2.75) is 38.1 Å². The van der Waals surface area contributed by atoms with Crippen molar-refractivity contribution in [2.75, 3.05) is 0 Å². The minimum Gasteiger partial charge on any atom is -0.352 e. The monoisotopic (exact) mass is 330 g/mol. The Kier molecular flexibility index (Phi) is 6.37. The minimum absolute atomic E-state index is 0.0835. The van der Waals surface area contributed by atoms with E-state index in [0.717, 1.165) is 31.2 Å². The number of benzene rings is 1. The molecule has 23 heavy (non-hydrogen) atoms. The van der Waals surface area contributed by atoms with Crippen LogP contribution in [0.3, 0.4) is 0 Å². The van der Waals surface area contributed by atoms with Crippen molar-refractivity contribution in [1.29, 1.82) is 5.26 Å². The molecule has 5 heteroatoms. The maximum Gasteiger partial charge on any atom is 0.245 e. The Labute approximate surface area is 141 Å². The van der Waals surface area contributed by atoms with Gasteiger partial charge >= 0.3 is 0 Å². The summed E-state index contributed by atoms with van der Waals surface area (Å²) >= 11 is 5.79. The maximum atomic E-state index is 12.1. The average molecular weight is 331 g/mol. The van der Waals surface area contributed by atoms with Crippen LogP contribution in [0.4, 0.5) is 0 Å². The van der Waals surface area contributed by atoms with Gasteiger partial charge in [0.15, 0.2) is 11.7 Å². The summed E-state index contributed by atoms with van der Waals surface area (Å²) in [5, 5.41) is 12.6. The fraction of sp³-hybridized carbons (Fsp3) is 0.389. The predicted octanol–water partition coefficient (Wildman–Crippen LogP) is 3.51. The highest BCUT2D eigenvalue weighted by Crippen LogP contribution is 2.18.